The first kappa shape index (κ1) is 30.7. The van der Waals surface area contributed by atoms with Gasteiger partial charge in [0.15, 0.2) is 0 Å². The number of carboxylic acid groups (broad SMARTS) is 1. The van der Waals surface area contributed by atoms with E-state index < -0.39 is 47.1 Å². The summed E-state index contributed by atoms with van der Waals surface area (Å²) in [5, 5.41) is 124. The van der Waals surface area contributed by atoms with Gasteiger partial charge in [-0.3, -0.25) is 0 Å². The van der Waals surface area contributed by atoms with Crippen LogP contribution in [0.2, 0.25) is 0 Å². The van der Waals surface area contributed by atoms with Crippen LogP contribution in [0.15, 0.2) is 12.2 Å². The molecule has 14 nitrogen and oxygen atoms in total. The molecule has 13 N–H and O–H groups in total. The number of carbonyl (C=O) groups is 1. The summed E-state index contributed by atoms with van der Waals surface area (Å²) >= 11 is 0. The molecule has 0 unspecified atom stereocenters. The summed E-state index contributed by atoms with van der Waals surface area (Å²) in [6.45, 7) is 2.06. The zero-order valence-corrected chi connectivity index (χ0v) is 17.5. The van der Waals surface area contributed by atoms with Gasteiger partial charge in [-0.25, -0.2) is 4.79 Å². The predicted octanol–water partition coefficient (Wildman–Crippen LogP) is -4.15. The quantitative estimate of drug-likeness (QED) is 0.0609. The van der Waals surface area contributed by atoms with Crippen molar-refractivity contribution in [1.29, 1.82) is 0 Å². The molecule has 0 rings (SSSR count). The van der Waals surface area contributed by atoms with Gasteiger partial charge in [0.2, 0.25) is 5.79 Å². The smallest absolute Gasteiger partial charge is 0.370 e. The van der Waals surface area contributed by atoms with E-state index in [9.17, 15) is 66.1 Å². The average molecular weight is 474 g/mol. The summed E-state index contributed by atoms with van der Waals surface area (Å²) in [5.41, 5.74) is 0. The number of carboxylic acids is 1. The number of rotatable bonds is 15. The summed E-state index contributed by atoms with van der Waals surface area (Å²) in [4.78, 5) is 10.8. The first-order valence-electron chi connectivity index (χ1n) is 9.82. The van der Waals surface area contributed by atoms with E-state index in [1.807, 2.05) is 0 Å². The van der Waals surface area contributed by atoms with Crippen molar-refractivity contribution in [3.8, 4) is 0 Å². The monoisotopic (exact) mass is 474 g/mol. The van der Waals surface area contributed by atoms with Crippen LogP contribution in [-0.2, 0) is 4.79 Å². The van der Waals surface area contributed by atoms with Gasteiger partial charge in [-0.05, 0) is 12.8 Å². The van der Waals surface area contributed by atoms with Crippen LogP contribution < -0.4 is 0 Å². The second-order valence-corrected chi connectivity index (χ2v) is 7.71. The summed E-state index contributed by atoms with van der Waals surface area (Å²) in [5.74, 6) is -32.5. The molecule has 32 heavy (non-hydrogen) atoms. The van der Waals surface area contributed by atoms with Gasteiger partial charge in [0.05, 0.1) is 0 Å². The van der Waals surface area contributed by atoms with Gasteiger partial charge in [0.25, 0.3) is 23.1 Å². The normalized spacial score (nSPS) is 14.9. The van der Waals surface area contributed by atoms with Crippen molar-refractivity contribution in [2.24, 2.45) is 0 Å². The first-order chi connectivity index (χ1) is 14.3. The van der Waals surface area contributed by atoms with Crippen molar-refractivity contribution in [2.45, 2.75) is 93.0 Å². The topological polar surface area (TPSA) is 280 Å². The van der Waals surface area contributed by atoms with E-state index in [-0.39, 0.29) is 0 Å². The molecule has 0 aromatic rings. The van der Waals surface area contributed by atoms with Crippen LogP contribution in [0, 0.1) is 0 Å². The molecule has 0 aromatic heterocycles. The van der Waals surface area contributed by atoms with Crippen LogP contribution in [0.25, 0.3) is 0 Å². The number of aliphatic hydroxyl groups is 12. The summed E-state index contributed by atoms with van der Waals surface area (Å²) in [6.07, 6.45) is 7.34. The fourth-order valence-corrected chi connectivity index (χ4v) is 2.71. The Kier molecular flexibility index (Phi) is 10.3. The number of aliphatic carboxylic acids is 1. The highest BCUT2D eigenvalue weighted by atomic mass is 16.7. The fraction of sp³-hybridized carbons (Fsp3) is 0.833. The van der Waals surface area contributed by atoms with E-state index in [1.54, 1.807) is 0 Å². The van der Waals surface area contributed by atoms with E-state index in [2.05, 4.69) is 6.92 Å². The van der Waals surface area contributed by atoms with E-state index in [1.165, 1.54) is 6.08 Å². The molecule has 0 aliphatic carbocycles. The molecule has 0 spiro atoms. The predicted molar refractivity (Wildman–Crippen MR) is 102 cm³/mol. The van der Waals surface area contributed by atoms with Crippen LogP contribution in [0.4, 0.5) is 0 Å². The Morgan fingerprint density at radius 2 is 1.06 bits per heavy atom. The minimum Gasteiger partial charge on any atom is -0.477 e. The molecule has 14 heteroatoms. The number of allylic oxidation sites excluding steroid dienone is 1. The van der Waals surface area contributed by atoms with Gasteiger partial charge in [-0.1, -0.05) is 51.2 Å². The van der Waals surface area contributed by atoms with Crippen LogP contribution in [0.5, 0.6) is 0 Å². The van der Waals surface area contributed by atoms with Gasteiger partial charge in [-0.2, -0.15) is 0 Å². The zero-order valence-electron chi connectivity index (χ0n) is 17.5. The van der Waals surface area contributed by atoms with Crippen molar-refractivity contribution >= 4 is 5.97 Å². The van der Waals surface area contributed by atoms with E-state index >= 15 is 0 Å². The molecule has 0 fully saturated rings. The van der Waals surface area contributed by atoms with Gasteiger partial charge < -0.3 is 66.4 Å². The molecule has 0 aliphatic heterocycles. The maximum atomic E-state index is 10.8. The van der Waals surface area contributed by atoms with Gasteiger partial charge in [0.1, 0.15) is 0 Å². The third-order valence-corrected chi connectivity index (χ3v) is 5.09. The molecular formula is C18H34O14. The van der Waals surface area contributed by atoms with Gasteiger partial charge >= 0.3 is 11.8 Å². The lowest BCUT2D eigenvalue weighted by Gasteiger charge is -2.51. The van der Waals surface area contributed by atoms with Crippen LogP contribution >= 0.6 is 0 Å². The molecule has 0 atom stereocenters. The molecule has 0 aliphatic rings. The molecule has 0 amide bonds. The summed E-state index contributed by atoms with van der Waals surface area (Å²) < 4.78 is 0. The number of hydrogen-bond acceptors (Lipinski definition) is 13. The molecule has 0 heterocycles. The van der Waals surface area contributed by atoms with Gasteiger partial charge in [-0.15, -0.1) is 0 Å². The Morgan fingerprint density at radius 1 is 0.625 bits per heavy atom. The standard InChI is InChI=1S/C18H34O14/c1-2-3-4-5-6-7-8-9-10-11-13(21,22)15(25,26)17(29,30)18(31,32)16(27,28)14(23,24)12(19)20/h9-10,21-32H,2-8,11H2,1H3,(H,19,20)/b10-9-. The Labute approximate surface area is 183 Å². The van der Waals surface area contributed by atoms with Crippen LogP contribution in [0.3, 0.4) is 0 Å². The highest BCUT2D eigenvalue weighted by molar-refractivity contribution is 5.76. The Morgan fingerprint density at radius 3 is 1.53 bits per heavy atom. The molecule has 0 radical (unpaired) electrons. The molecule has 0 saturated carbocycles. The number of hydrogen-bond donors (Lipinski definition) is 13. The van der Waals surface area contributed by atoms with E-state index in [0.29, 0.717) is 12.8 Å². The molecule has 0 bridgehead atoms. The Bertz CT molecular complexity index is 636. The molecular weight excluding hydrogens is 440 g/mol. The zero-order chi connectivity index (χ0) is 25.6. The fourth-order valence-electron chi connectivity index (χ4n) is 2.71. The first-order valence-corrected chi connectivity index (χ1v) is 9.82. The summed E-state index contributed by atoms with van der Waals surface area (Å²) in [6, 6.07) is 0. The second kappa shape index (κ2) is 10.8. The molecule has 0 saturated heterocycles. The Hall–Kier alpha value is -1.27. The molecule has 190 valence electrons. The second-order valence-electron chi connectivity index (χ2n) is 7.71. The third kappa shape index (κ3) is 5.80. The van der Waals surface area contributed by atoms with Crippen molar-refractivity contribution < 1.29 is 71.2 Å². The van der Waals surface area contributed by atoms with E-state index in [4.69, 9.17) is 5.11 Å². The third-order valence-electron chi connectivity index (χ3n) is 5.09. The highest BCUT2D eigenvalue weighted by Gasteiger charge is 2.80. The maximum Gasteiger partial charge on any atom is 0.370 e. The maximum absolute atomic E-state index is 10.8. The summed E-state index contributed by atoms with van der Waals surface area (Å²) in [7, 11) is 0. The van der Waals surface area contributed by atoms with Crippen molar-refractivity contribution in [1.82, 2.24) is 0 Å². The van der Waals surface area contributed by atoms with Crippen LogP contribution in [-0.4, -0.2) is 107 Å². The molecule has 0 aromatic carbocycles. The highest BCUT2D eigenvalue weighted by Crippen LogP contribution is 2.43. The lowest BCUT2D eigenvalue weighted by atomic mass is 9.81. The average Bonchev–Trinajstić information content (AvgIpc) is 2.65. The van der Waals surface area contributed by atoms with E-state index in [0.717, 1.165) is 38.2 Å². The van der Waals surface area contributed by atoms with Crippen molar-refractivity contribution in [3.05, 3.63) is 12.2 Å². The minimum absolute atomic E-state index is 0.423. The van der Waals surface area contributed by atoms with Crippen LogP contribution in [0.1, 0.15) is 58.3 Å². The Balaban J connectivity index is 5.49. The largest absolute Gasteiger partial charge is 0.477 e. The number of unbranched alkanes of at least 4 members (excludes halogenated alkanes) is 6. The van der Waals surface area contributed by atoms with Gasteiger partial charge in [0, 0.05) is 6.42 Å². The lowest BCUT2D eigenvalue weighted by molar-refractivity contribution is -0.556. The lowest BCUT2D eigenvalue weighted by Crippen LogP contribution is -2.85. The SMILES string of the molecule is CCCCCCCC/C=C\CC(O)(O)C(O)(O)C(O)(O)C(O)(O)C(O)(O)C(O)(O)C(=O)O. The van der Waals surface area contributed by atoms with Crippen molar-refractivity contribution in [2.75, 3.05) is 0 Å². The minimum atomic E-state index is -5.32. The van der Waals surface area contributed by atoms with Crippen molar-refractivity contribution in [3.63, 3.8) is 0 Å².